The molecule has 0 atom stereocenters. The molecule has 7 nitrogen and oxygen atoms in total. The molecule has 8 heteroatoms. The summed E-state index contributed by atoms with van der Waals surface area (Å²) in [4.78, 5) is 16.2. The number of anilines is 1. The third-order valence-electron chi connectivity index (χ3n) is 3.90. The smallest absolute Gasteiger partial charge is 0.240 e. The van der Waals surface area contributed by atoms with Crippen molar-refractivity contribution in [2.75, 3.05) is 17.7 Å². The third-order valence-corrected chi connectivity index (χ3v) is 4.74. The molecule has 3 rings (SSSR count). The van der Waals surface area contributed by atoms with Crippen LogP contribution in [-0.2, 0) is 11.2 Å². The van der Waals surface area contributed by atoms with Crippen molar-refractivity contribution in [3.05, 3.63) is 71.8 Å². The molecule has 0 aliphatic heterocycles. The zero-order chi connectivity index (χ0) is 19.6. The minimum Gasteiger partial charge on any atom is -0.355 e. The van der Waals surface area contributed by atoms with Gasteiger partial charge < -0.3 is 5.32 Å². The third kappa shape index (κ3) is 6.24. The number of thioether (sulfide) groups is 1. The summed E-state index contributed by atoms with van der Waals surface area (Å²) in [5.74, 6) is 0.652. The molecule has 0 unspecified atom stereocenters. The Kier molecular flexibility index (Phi) is 7.20. The van der Waals surface area contributed by atoms with Crippen LogP contribution in [0.4, 0.5) is 5.95 Å². The van der Waals surface area contributed by atoms with E-state index in [9.17, 15) is 4.79 Å². The van der Waals surface area contributed by atoms with Crippen molar-refractivity contribution in [1.29, 1.82) is 0 Å². The van der Waals surface area contributed by atoms with E-state index >= 15 is 0 Å². The number of amides is 1. The fraction of sp³-hybridized carbons (Fsp3) is 0.200. The Bertz CT molecular complexity index is 911. The second kappa shape index (κ2) is 10.3. The van der Waals surface area contributed by atoms with E-state index in [1.165, 1.54) is 17.3 Å². The van der Waals surface area contributed by atoms with Gasteiger partial charge in [0.1, 0.15) is 0 Å². The molecule has 0 bridgehead atoms. The normalized spacial score (nSPS) is 11.2. The summed E-state index contributed by atoms with van der Waals surface area (Å²) in [6, 6.07) is 19.9. The molecule has 0 saturated carbocycles. The molecule has 2 aromatic carbocycles. The molecule has 3 N–H and O–H groups in total. The van der Waals surface area contributed by atoms with E-state index in [1.54, 1.807) is 0 Å². The van der Waals surface area contributed by atoms with Crippen molar-refractivity contribution in [2.24, 2.45) is 5.10 Å². The molecule has 0 spiro atoms. The van der Waals surface area contributed by atoms with E-state index in [4.69, 9.17) is 0 Å². The Labute approximate surface area is 168 Å². The molecule has 1 amide bonds. The Hall–Kier alpha value is -3.13. The van der Waals surface area contributed by atoms with Crippen molar-refractivity contribution < 1.29 is 4.79 Å². The maximum Gasteiger partial charge on any atom is 0.240 e. The highest BCUT2D eigenvalue weighted by Crippen LogP contribution is 2.13. The van der Waals surface area contributed by atoms with Gasteiger partial charge in [0.05, 0.1) is 11.5 Å². The summed E-state index contributed by atoms with van der Waals surface area (Å²) in [5, 5.41) is 14.5. The molecule has 1 heterocycles. The summed E-state index contributed by atoms with van der Waals surface area (Å²) < 4.78 is 0. The molecule has 0 fully saturated rings. The highest BCUT2D eigenvalue weighted by molar-refractivity contribution is 7.99. The standard InChI is InChI=1S/C20H22N6OS/c1-15(17-10-6-3-7-11-17)23-24-19-22-20(26-25-19)28-14-18(27)21-13-12-16-8-4-2-5-9-16/h2-11H,12-14H2,1H3,(H,21,27)(H2,22,24,25,26)/b23-15+. The lowest BCUT2D eigenvalue weighted by Crippen LogP contribution is -2.27. The zero-order valence-electron chi connectivity index (χ0n) is 15.6. The van der Waals surface area contributed by atoms with Crippen molar-refractivity contribution in [1.82, 2.24) is 20.5 Å². The lowest BCUT2D eigenvalue weighted by molar-refractivity contribution is -0.118. The van der Waals surface area contributed by atoms with E-state index in [2.05, 4.69) is 31.0 Å². The van der Waals surface area contributed by atoms with Gasteiger partial charge in [-0.05, 0) is 24.5 Å². The number of hydrogen-bond acceptors (Lipinski definition) is 6. The molecular weight excluding hydrogens is 372 g/mol. The number of benzene rings is 2. The lowest BCUT2D eigenvalue weighted by atomic mass is 10.1. The predicted octanol–water partition coefficient (Wildman–Crippen LogP) is 3.09. The molecule has 0 aliphatic rings. The molecule has 3 aromatic rings. The number of carbonyl (C=O) groups is 1. The van der Waals surface area contributed by atoms with Crippen LogP contribution in [0.3, 0.4) is 0 Å². The quantitative estimate of drug-likeness (QED) is 0.294. The molecule has 1 aromatic heterocycles. The molecular formula is C20H22N6OS. The first kappa shape index (κ1) is 19.6. The van der Waals surface area contributed by atoms with Gasteiger partial charge in [0.25, 0.3) is 0 Å². The second-order valence-electron chi connectivity index (χ2n) is 6.02. The monoisotopic (exact) mass is 394 g/mol. The largest absolute Gasteiger partial charge is 0.355 e. The average molecular weight is 395 g/mol. The van der Waals surface area contributed by atoms with E-state index in [0.717, 1.165) is 17.7 Å². The topological polar surface area (TPSA) is 95.1 Å². The minimum atomic E-state index is -0.0433. The summed E-state index contributed by atoms with van der Waals surface area (Å²) in [6.45, 7) is 2.52. The highest BCUT2D eigenvalue weighted by Gasteiger charge is 2.07. The van der Waals surface area contributed by atoms with Crippen LogP contribution in [0, 0.1) is 0 Å². The predicted molar refractivity (Wildman–Crippen MR) is 113 cm³/mol. The molecule has 144 valence electrons. The Balaban J connectivity index is 1.40. The minimum absolute atomic E-state index is 0.0433. The summed E-state index contributed by atoms with van der Waals surface area (Å²) in [5.41, 5.74) is 5.91. The van der Waals surface area contributed by atoms with Crippen molar-refractivity contribution >= 4 is 29.3 Å². The van der Waals surface area contributed by atoms with Gasteiger partial charge >= 0.3 is 0 Å². The zero-order valence-corrected chi connectivity index (χ0v) is 16.4. The maximum absolute atomic E-state index is 12.0. The number of hydrazone groups is 1. The second-order valence-corrected chi connectivity index (χ2v) is 6.96. The van der Waals surface area contributed by atoms with Crippen molar-refractivity contribution in [3.8, 4) is 0 Å². The lowest BCUT2D eigenvalue weighted by Gasteiger charge is -2.04. The first-order valence-electron chi connectivity index (χ1n) is 8.92. The first-order chi connectivity index (χ1) is 13.7. The number of aromatic amines is 1. The van der Waals surface area contributed by atoms with Crippen molar-refractivity contribution in [2.45, 2.75) is 18.5 Å². The summed E-state index contributed by atoms with van der Waals surface area (Å²) >= 11 is 1.27. The number of aromatic nitrogens is 3. The molecule has 0 radical (unpaired) electrons. The maximum atomic E-state index is 12.0. The van der Waals surface area contributed by atoms with Gasteiger partial charge in [0.2, 0.25) is 17.0 Å². The van der Waals surface area contributed by atoms with Crippen LogP contribution < -0.4 is 10.7 Å². The molecule has 0 saturated heterocycles. The van der Waals surface area contributed by atoms with E-state index in [0.29, 0.717) is 17.6 Å². The fourth-order valence-corrected chi connectivity index (χ4v) is 3.04. The molecule has 28 heavy (non-hydrogen) atoms. The van der Waals surface area contributed by atoms with Crippen LogP contribution in [0.5, 0.6) is 0 Å². The van der Waals surface area contributed by atoms with Crippen LogP contribution in [0.25, 0.3) is 0 Å². The van der Waals surface area contributed by atoms with Crippen LogP contribution in [0.2, 0.25) is 0 Å². The van der Waals surface area contributed by atoms with Crippen LogP contribution >= 0.6 is 11.8 Å². The van der Waals surface area contributed by atoms with Crippen LogP contribution in [-0.4, -0.2) is 39.1 Å². The van der Waals surface area contributed by atoms with Gasteiger partial charge in [-0.3, -0.25) is 4.79 Å². The number of H-pyrrole nitrogens is 1. The highest BCUT2D eigenvalue weighted by atomic mass is 32.2. The van der Waals surface area contributed by atoms with Gasteiger partial charge in [0, 0.05) is 6.54 Å². The number of nitrogens with zero attached hydrogens (tertiary/aromatic N) is 3. The Morgan fingerprint density at radius 1 is 1.11 bits per heavy atom. The fourth-order valence-electron chi connectivity index (χ4n) is 2.41. The van der Waals surface area contributed by atoms with E-state index < -0.39 is 0 Å². The Morgan fingerprint density at radius 2 is 1.82 bits per heavy atom. The Morgan fingerprint density at radius 3 is 2.57 bits per heavy atom. The van der Waals surface area contributed by atoms with Gasteiger partial charge in [-0.1, -0.05) is 72.4 Å². The number of nitrogens with one attached hydrogen (secondary N) is 3. The van der Waals surface area contributed by atoms with Gasteiger partial charge in [-0.15, -0.1) is 5.10 Å². The van der Waals surface area contributed by atoms with Gasteiger partial charge in [-0.25, -0.2) is 10.5 Å². The number of rotatable bonds is 9. The average Bonchev–Trinajstić information content (AvgIpc) is 3.20. The van der Waals surface area contributed by atoms with Crippen LogP contribution in [0.1, 0.15) is 18.1 Å². The van der Waals surface area contributed by atoms with Crippen LogP contribution in [0.15, 0.2) is 70.9 Å². The summed E-state index contributed by atoms with van der Waals surface area (Å²) in [7, 11) is 0. The van der Waals surface area contributed by atoms with Gasteiger partial charge in [0.15, 0.2) is 0 Å². The number of carbonyl (C=O) groups excluding carboxylic acids is 1. The number of hydrogen-bond donors (Lipinski definition) is 3. The van der Waals surface area contributed by atoms with E-state index in [1.807, 2.05) is 67.6 Å². The van der Waals surface area contributed by atoms with Gasteiger partial charge in [-0.2, -0.15) is 10.1 Å². The SMILES string of the molecule is C/C(=N\Nc1nc(SCC(=O)NCCc2ccccc2)n[nH]1)c1ccccc1. The van der Waals surface area contributed by atoms with Crippen molar-refractivity contribution in [3.63, 3.8) is 0 Å². The molecule has 0 aliphatic carbocycles. The summed E-state index contributed by atoms with van der Waals surface area (Å²) in [6.07, 6.45) is 0.810. The first-order valence-corrected chi connectivity index (χ1v) is 9.91. The van der Waals surface area contributed by atoms with E-state index in [-0.39, 0.29) is 11.7 Å².